The zero-order valence-electron chi connectivity index (χ0n) is 9.34. The molecule has 0 unspecified atom stereocenters. The number of methoxy groups -OCH3 is 1. The van der Waals surface area contributed by atoms with Crippen LogP contribution < -0.4 is 0 Å². The van der Waals surface area contributed by atoms with E-state index in [-0.39, 0.29) is 0 Å². The quantitative estimate of drug-likeness (QED) is 0.517. The van der Waals surface area contributed by atoms with Crippen molar-refractivity contribution >= 4 is 15.9 Å². The van der Waals surface area contributed by atoms with Crippen LogP contribution in [0.25, 0.3) is 0 Å². The minimum Gasteiger partial charge on any atom is -0.385 e. The second kappa shape index (κ2) is 6.81. The summed E-state index contributed by atoms with van der Waals surface area (Å²) in [5.41, 5.74) is 0. The number of hydrogen-bond donors (Lipinski definition) is 0. The molecule has 0 aromatic heterocycles. The van der Waals surface area contributed by atoms with Gasteiger partial charge in [0, 0.05) is 25.1 Å². The molecule has 84 valence electrons. The smallest absolute Gasteiger partial charge is 0.0462 e. The summed E-state index contributed by atoms with van der Waals surface area (Å²) in [6.07, 6.45) is 5.17. The lowest BCUT2D eigenvalue weighted by Gasteiger charge is -2.34. The Morgan fingerprint density at radius 1 is 1.36 bits per heavy atom. The van der Waals surface area contributed by atoms with Crippen molar-refractivity contribution in [3.63, 3.8) is 0 Å². The van der Waals surface area contributed by atoms with Gasteiger partial charge < -0.3 is 9.64 Å². The van der Waals surface area contributed by atoms with Gasteiger partial charge in [-0.3, -0.25) is 0 Å². The van der Waals surface area contributed by atoms with Crippen molar-refractivity contribution in [1.82, 2.24) is 4.90 Å². The highest BCUT2D eigenvalue weighted by Gasteiger charge is 2.27. The zero-order chi connectivity index (χ0) is 10.4. The van der Waals surface area contributed by atoms with E-state index in [0.717, 1.165) is 17.4 Å². The van der Waals surface area contributed by atoms with Gasteiger partial charge in [0.25, 0.3) is 0 Å². The number of hydrogen-bond acceptors (Lipinski definition) is 2. The molecule has 0 aromatic rings. The van der Waals surface area contributed by atoms with Crippen LogP contribution in [0.15, 0.2) is 0 Å². The Morgan fingerprint density at radius 2 is 2.07 bits per heavy atom. The number of rotatable bonds is 7. The van der Waals surface area contributed by atoms with Crippen LogP contribution in [0.4, 0.5) is 0 Å². The molecule has 0 aromatic carbocycles. The number of unbranched alkanes of at least 4 members (excludes halogenated alkanes) is 1. The van der Waals surface area contributed by atoms with Gasteiger partial charge in [-0.05, 0) is 45.2 Å². The van der Waals surface area contributed by atoms with Gasteiger partial charge in [0.1, 0.15) is 0 Å². The van der Waals surface area contributed by atoms with Crippen LogP contribution in [0.2, 0.25) is 0 Å². The molecule has 0 spiro atoms. The lowest BCUT2D eigenvalue weighted by atomic mass is 9.85. The number of ether oxygens (including phenoxy) is 1. The fourth-order valence-electron chi connectivity index (χ4n) is 1.96. The topological polar surface area (TPSA) is 12.5 Å². The zero-order valence-corrected chi connectivity index (χ0v) is 10.9. The molecule has 14 heavy (non-hydrogen) atoms. The van der Waals surface area contributed by atoms with Gasteiger partial charge in [-0.2, -0.15) is 0 Å². The fraction of sp³-hybridized carbons (Fsp3) is 1.00. The molecule has 0 N–H and O–H groups in total. The maximum atomic E-state index is 5.03. The van der Waals surface area contributed by atoms with Crippen LogP contribution in [0.1, 0.15) is 25.7 Å². The van der Waals surface area contributed by atoms with Crippen molar-refractivity contribution in [2.24, 2.45) is 5.92 Å². The molecule has 1 aliphatic rings. The third-order valence-electron chi connectivity index (χ3n) is 2.89. The Bertz CT molecular complexity index is 148. The Kier molecular flexibility index (Phi) is 6.06. The Balaban J connectivity index is 1.91. The van der Waals surface area contributed by atoms with Gasteiger partial charge in [-0.1, -0.05) is 15.9 Å². The first-order chi connectivity index (χ1) is 6.72. The summed E-state index contributed by atoms with van der Waals surface area (Å²) in [7, 11) is 4.00. The highest BCUT2D eigenvalue weighted by molar-refractivity contribution is 9.09. The van der Waals surface area contributed by atoms with Gasteiger partial charge >= 0.3 is 0 Å². The van der Waals surface area contributed by atoms with E-state index in [1.807, 2.05) is 0 Å². The fourth-order valence-corrected chi connectivity index (χ4v) is 3.02. The SMILES string of the molecule is COCCCCN(C)CC1CC(Br)C1. The first kappa shape index (κ1) is 12.5. The molecular weight excluding hydrogens is 242 g/mol. The van der Waals surface area contributed by atoms with Crippen LogP contribution in [-0.4, -0.2) is 43.6 Å². The van der Waals surface area contributed by atoms with Crippen molar-refractivity contribution < 1.29 is 4.74 Å². The summed E-state index contributed by atoms with van der Waals surface area (Å²) in [4.78, 5) is 3.26. The molecule has 0 amide bonds. The lowest BCUT2D eigenvalue weighted by Crippen LogP contribution is -2.35. The number of nitrogens with zero attached hydrogens (tertiary/aromatic N) is 1. The predicted molar refractivity (Wildman–Crippen MR) is 64.0 cm³/mol. The first-order valence-electron chi connectivity index (χ1n) is 5.54. The van der Waals surface area contributed by atoms with Crippen molar-refractivity contribution in [2.45, 2.75) is 30.5 Å². The molecule has 2 nitrogen and oxygen atoms in total. The lowest BCUT2D eigenvalue weighted by molar-refractivity contribution is 0.177. The molecule has 0 aliphatic heterocycles. The molecule has 1 saturated carbocycles. The summed E-state index contributed by atoms with van der Waals surface area (Å²) in [6, 6.07) is 0. The van der Waals surface area contributed by atoms with Gasteiger partial charge in [0.15, 0.2) is 0 Å². The van der Waals surface area contributed by atoms with E-state index in [1.165, 1.54) is 38.8 Å². The maximum absolute atomic E-state index is 5.03. The number of halogens is 1. The monoisotopic (exact) mass is 263 g/mol. The minimum atomic E-state index is 0.800. The van der Waals surface area contributed by atoms with Crippen molar-refractivity contribution in [3.05, 3.63) is 0 Å². The van der Waals surface area contributed by atoms with E-state index in [1.54, 1.807) is 7.11 Å². The van der Waals surface area contributed by atoms with Crippen molar-refractivity contribution in [1.29, 1.82) is 0 Å². The van der Waals surface area contributed by atoms with Gasteiger partial charge in [0.05, 0.1) is 0 Å². The average molecular weight is 264 g/mol. The van der Waals surface area contributed by atoms with E-state index in [0.29, 0.717) is 0 Å². The molecule has 0 heterocycles. The molecule has 1 fully saturated rings. The van der Waals surface area contributed by atoms with Crippen LogP contribution >= 0.6 is 15.9 Å². The second-order valence-corrected chi connectivity index (χ2v) is 5.69. The summed E-state index contributed by atoms with van der Waals surface area (Å²) in [5.74, 6) is 0.937. The molecule has 0 radical (unpaired) electrons. The normalized spacial score (nSPS) is 26.6. The highest BCUT2D eigenvalue weighted by Crippen LogP contribution is 2.33. The minimum absolute atomic E-state index is 0.800. The van der Waals surface area contributed by atoms with Crippen LogP contribution in [0.5, 0.6) is 0 Å². The Labute approximate surface area is 96.1 Å². The van der Waals surface area contributed by atoms with Crippen LogP contribution in [0, 0.1) is 5.92 Å². The molecule has 0 saturated heterocycles. The van der Waals surface area contributed by atoms with Crippen molar-refractivity contribution in [2.75, 3.05) is 33.9 Å². The van der Waals surface area contributed by atoms with Gasteiger partial charge in [-0.25, -0.2) is 0 Å². The van der Waals surface area contributed by atoms with E-state index < -0.39 is 0 Å². The summed E-state index contributed by atoms with van der Waals surface area (Å²) in [6.45, 7) is 3.39. The van der Waals surface area contributed by atoms with E-state index in [4.69, 9.17) is 4.74 Å². The average Bonchev–Trinajstić information content (AvgIpc) is 2.10. The van der Waals surface area contributed by atoms with E-state index in [2.05, 4.69) is 27.9 Å². The van der Waals surface area contributed by atoms with E-state index >= 15 is 0 Å². The van der Waals surface area contributed by atoms with Gasteiger partial charge in [0.2, 0.25) is 0 Å². The van der Waals surface area contributed by atoms with Gasteiger partial charge in [-0.15, -0.1) is 0 Å². The second-order valence-electron chi connectivity index (χ2n) is 4.40. The third kappa shape index (κ3) is 4.76. The molecule has 1 aliphatic carbocycles. The standard InChI is InChI=1S/C11H22BrNO/c1-13(5-3-4-6-14-2)9-10-7-11(12)8-10/h10-11H,3-9H2,1-2H3. The molecule has 0 bridgehead atoms. The summed E-state index contributed by atoms with van der Waals surface area (Å²) < 4.78 is 5.03. The predicted octanol–water partition coefficient (Wildman–Crippen LogP) is 2.52. The summed E-state index contributed by atoms with van der Waals surface area (Å²) >= 11 is 3.63. The Morgan fingerprint density at radius 3 is 2.64 bits per heavy atom. The first-order valence-corrected chi connectivity index (χ1v) is 6.45. The third-order valence-corrected chi connectivity index (χ3v) is 3.63. The van der Waals surface area contributed by atoms with Crippen LogP contribution in [-0.2, 0) is 4.74 Å². The maximum Gasteiger partial charge on any atom is 0.0462 e. The largest absolute Gasteiger partial charge is 0.385 e. The molecular formula is C11H22BrNO. The molecule has 3 heteroatoms. The Hall–Kier alpha value is 0.400. The van der Waals surface area contributed by atoms with Crippen LogP contribution in [0.3, 0.4) is 0 Å². The van der Waals surface area contributed by atoms with E-state index in [9.17, 15) is 0 Å². The van der Waals surface area contributed by atoms with Crippen molar-refractivity contribution in [3.8, 4) is 0 Å². The summed E-state index contributed by atoms with van der Waals surface area (Å²) in [5, 5.41) is 0. The molecule has 1 rings (SSSR count). The number of alkyl halides is 1. The molecule has 0 atom stereocenters. The highest BCUT2D eigenvalue weighted by atomic mass is 79.9.